The van der Waals surface area contributed by atoms with E-state index in [0.29, 0.717) is 0 Å². The van der Waals surface area contributed by atoms with Crippen LogP contribution in [0.4, 0.5) is 0 Å². The number of amides is 1. The summed E-state index contributed by atoms with van der Waals surface area (Å²) in [4.78, 5) is 12.8. The van der Waals surface area contributed by atoms with Crippen molar-refractivity contribution in [2.24, 2.45) is 5.92 Å². The fraction of sp³-hybridized carbons (Fsp3) is 0.462. The number of hydrogen-bond donors (Lipinski definition) is 1. The van der Waals surface area contributed by atoms with Crippen molar-refractivity contribution in [2.75, 3.05) is 6.26 Å². The molecule has 1 rings (SSSR count). The maximum absolute atomic E-state index is 11.5. The van der Waals surface area contributed by atoms with Crippen molar-refractivity contribution in [3.63, 3.8) is 0 Å². The summed E-state index contributed by atoms with van der Waals surface area (Å²) >= 11 is 1.72. The van der Waals surface area contributed by atoms with E-state index in [-0.39, 0.29) is 17.9 Å². The Kier molecular flexibility index (Phi) is 4.87. The molecule has 1 atom stereocenters. The number of benzene rings is 1. The van der Waals surface area contributed by atoms with Crippen LogP contribution in [0.3, 0.4) is 0 Å². The van der Waals surface area contributed by atoms with Gasteiger partial charge < -0.3 is 5.32 Å². The molecule has 3 heteroatoms. The Balaban J connectivity index is 2.65. The maximum Gasteiger partial charge on any atom is 0.223 e. The first-order valence-corrected chi connectivity index (χ1v) is 6.71. The minimum Gasteiger partial charge on any atom is -0.349 e. The zero-order valence-electron chi connectivity index (χ0n) is 10.3. The van der Waals surface area contributed by atoms with Gasteiger partial charge in [0, 0.05) is 10.8 Å². The first-order valence-electron chi connectivity index (χ1n) is 5.49. The molecule has 0 unspecified atom stereocenters. The van der Waals surface area contributed by atoms with Gasteiger partial charge in [-0.2, -0.15) is 0 Å². The molecule has 88 valence electrons. The van der Waals surface area contributed by atoms with Crippen LogP contribution in [-0.2, 0) is 4.79 Å². The molecule has 0 spiro atoms. The first-order chi connectivity index (χ1) is 7.54. The Morgan fingerprint density at radius 3 is 2.19 bits per heavy atom. The van der Waals surface area contributed by atoms with Crippen molar-refractivity contribution in [1.29, 1.82) is 0 Å². The van der Waals surface area contributed by atoms with E-state index in [1.807, 2.05) is 20.8 Å². The predicted octanol–water partition coefficient (Wildman–Crippen LogP) is 3.24. The predicted molar refractivity (Wildman–Crippen MR) is 69.6 cm³/mol. The van der Waals surface area contributed by atoms with Gasteiger partial charge in [0.15, 0.2) is 0 Å². The standard InChI is InChI=1S/C13H19NOS/c1-9(2)13(15)14-10(3)11-5-7-12(16-4)8-6-11/h5-10H,1-4H3,(H,14,15)/t10-/m1/s1. The second-order valence-electron chi connectivity index (χ2n) is 4.16. The first kappa shape index (κ1) is 13.1. The summed E-state index contributed by atoms with van der Waals surface area (Å²) in [5, 5.41) is 2.99. The van der Waals surface area contributed by atoms with Gasteiger partial charge in [0.1, 0.15) is 0 Å². The maximum atomic E-state index is 11.5. The van der Waals surface area contributed by atoms with Gasteiger partial charge in [0.05, 0.1) is 6.04 Å². The van der Waals surface area contributed by atoms with Crippen LogP contribution < -0.4 is 5.32 Å². The summed E-state index contributed by atoms with van der Waals surface area (Å²) in [5.74, 6) is 0.134. The molecule has 0 aliphatic carbocycles. The average molecular weight is 237 g/mol. The Hall–Kier alpha value is -0.960. The quantitative estimate of drug-likeness (QED) is 0.815. The number of thioether (sulfide) groups is 1. The summed E-state index contributed by atoms with van der Waals surface area (Å²) in [5.41, 5.74) is 1.15. The number of carbonyl (C=O) groups excluding carboxylic acids is 1. The van der Waals surface area contributed by atoms with Crippen LogP contribution in [0.25, 0.3) is 0 Å². The van der Waals surface area contributed by atoms with Gasteiger partial charge in [0.25, 0.3) is 0 Å². The number of nitrogens with one attached hydrogen (secondary N) is 1. The fourth-order valence-corrected chi connectivity index (χ4v) is 1.76. The summed E-state index contributed by atoms with van der Waals surface area (Å²) in [6.07, 6.45) is 2.05. The van der Waals surface area contributed by atoms with Crippen LogP contribution in [0.1, 0.15) is 32.4 Å². The molecule has 0 aliphatic rings. The van der Waals surface area contributed by atoms with Crippen LogP contribution in [0.2, 0.25) is 0 Å². The Labute approximate surface area is 102 Å². The van der Waals surface area contributed by atoms with Gasteiger partial charge in [-0.05, 0) is 30.9 Å². The van der Waals surface area contributed by atoms with Gasteiger partial charge >= 0.3 is 0 Å². The molecule has 0 aromatic heterocycles. The SMILES string of the molecule is CSc1ccc([C@@H](C)NC(=O)C(C)C)cc1. The summed E-state index contributed by atoms with van der Waals surface area (Å²) in [7, 11) is 0. The Morgan fingerprint density at radius 1 is 1.19 bits per heavy atom. The molecule has 0 bridgehead atoms. The number of hydrogen-bond acceptors (Lipinski definition) is 2. The van der Waals surface area contributed by atoms with Gasteiger partial charge in [-0.1, -0.05) is 26.0 Å². The topological polar surface area (TPSA) is 29.1 Å². The van der Waals surface area contributed by atoms with E-state index < -0.39 is 0 Å². The molecule has 1 N–H and O–H groups in total. The lowest BCUT2D eigenvalue weighted by molar-refractivity contribution is -0.124. The van der Waals surface area contributed by atoms with Crippen molar-refractivity contribution in [2.45, 2.75) is 31.7 Å². The van der Waals surface area contributed by atoms with Crippen molar-refractivity contribution in [3.05, 3.63) is 29.8 Å². The zero-order chi connectivity index (χ0) is 12.1. The fourth-order valence-electron chi connectivity index (χ4n) is 1.36. The third-order valence-electron chi connectivity index (χ3n) is 2.50. The lowest BCUT2D eigenvalue weighted by Crippen LogP contribution is -2.30. The van der Waals surface area contributed by atoms with Crippen LogP contribution in [0.5, 0.6) is 0 Å². The minimum atomic E-state index is 0.0351. The highest BCUT2D eigenvalue weighted by molar-refractivity contribution is 7.98. The molecule has 16 heavy (non-hydrogen) atoms. The summed E-state index contributed by atoms with van der Waals surface area (Å²) in [6.45, 7) is 5.81. The Bertz CT molecular complexity index is 345. The molecule has 2 nitrogen and oxygen atoms in total. The van der Waals surface area contributed by atoms with E-state index in [0.717, 1.165) is 5.56 Å². The van der Waals surface area contributed by atoms with Gasteiger partial charge in [0.2, 0.25) is 5.91 Å². The molecule has 1 aromatic carbocycles. The van der Waals surface area contributed by atoms with Gasteiger partial charge in [-0.3, -0.25) is 4.79 Å². The van der Waals surface area contributed by atoms with Gasteiger partial charge in [-0.15, -0.1) is 11.8 Å². The van der Waals surface area contributed by atoms with E-state index in [9.17, 15) is 4.79 Å². The van der Waals surface area contributed by atoms with Crippen LogP contribution in [-0.4, -0.2) is 12.2 Å². The lowest BCUT2D eigenvalue weighted by Gasteiger charge is -2.16. The normalized spacial score (nSPS) is 12.6. The molecule has 0 fully saturated rings. The smallest absolute Gasteiger partial charge is 0.223 e. The molecule has 1 amide bonds. The van der Waals surface area contributed by atoms with Crippen molar-refractivity contribution < 1.29 is 4.79 Å². The highest BCUT2D eigenvalue weighted by Gasteiger charge is 2.11. The third kappa shape index (κ3) is 3.56. The van der Waals surface area contributed by atoms with Crippen molar-refractivity contribution in [1.82, 2.24) is 5.32 Å². The van der Waals surface area contributed by atoms with E-state index in [1.54, 1.807) is 11.8 Å². The molecule has 0 radical (unpaired) electrons. The molecular weight excluding hydrogens is 218 g/mol. The van der Waals surface area contributed by atoms with Crippen LogP contribution in [0.15, 0.2) is 29.2 Å². The number of rotatable bonds is 4. The van der Waals surface area contributed by atoms with Crippen LogP contribution in [0, 0.1) is 5.92 Å². The van der Waals surface area contributed by atoms with E-state index in [1.165, 1.54) is 4.90 Å². The summed E-state index contributed by atoms with van der Waals surface area (Å²) < 4.78 is 0. The monoisotopic (exact) mass is 237 g/mol. The number of carbonyl (C=O) groups is 1. The van der Waals surface area contributed by atoms with E-state index in [2.05, 4.69) is 35.8 Å². The van der Waals surface area contributed by atoms with Gasteiger partial charge in [-0.25, -0.2) is 0 Å². The van der Waals surface area contributed by atoms with Crippen LogP contribution >= 0.6 is 11.8 Å². The Morgan fingerprint density at radius 2 is 1.75 bits per heavy atom. The third-order valence-corrected chi connectivity index (χ3v) is 3.24. The molecule has 0 heterocycles. The highest BCUT2D eigenvalue weighted by Crippen LogP contribution is 2.19. The average Bonchev–Trinajstić information content (AvgIpc) is 2.28. The van der Waals surface area contributed by atoms with E-state index in [4.69, 9.17) is 0 Å². The summed E-state index contributed by atoms with van der Waals surface area (Å²) in [6, 6.07) is 8.37. The molecule has 0 aliphatic heterocycles. The van der Waals surface area contributed by atoms with E-state index >= 15 is 0 Å². The molecular formula is C13H19NOS. The second-order valence-corrected chi connectivity index (χ2v) is 5.04. The minimum absolute atomic E-state index is 0.0351. The largest absolute Gasteiger partial charge is 0.349 e. The van der Waals surface area contributed by atoms with Crippen molar-refractivity contribution >= 4 is 17.7 Å². The molecule has 0 saturated carbocycles. The molecule has 0 saturated heterocycles. The van der Waals surface area contributed by atoms with Crippen molar-refractivity contribution in [3.8, 4) is 0 Å². The highest BCUT2D eigenvalue weighted by atomic mass is 32.2. The zero-order valence-corrected chi connectivity index (χ0v) is 11.1. The molecule has 1 aromatic rings. The lowest BCUT2D eigenvalue weighted by atomic mass is 10.1. The second kappa shape index (κ2) is 5.94.